The molecule has 0 aliphatic carbocycles. The van der Waals surface area contributed by atoms with Crippen LogP contribution in [0.25, 0.3) is 0 Å². The number of hydrogen-bond acceptors (Lipinski definition) is 6. The smallest absolute Gasteiger partial charge is 0.321 e. The van der Waals surface area contributed by atoms with Crippen LogP contribution in [0.4, 0.5) is 0 Å². The Kier molecular flexibility index (Phi) is 7.01. The van der Waals surface area contributed by atoms with Gasteiger partial charge in [0.1, 0.15) is 6.04 Å². The normalized spacial score (nSPS) is 12.7. The summed E-state index contributed by atoms with van der Waals surface area (Å²) in [5.74, 6) is -3.49. The summed E-state index contributed by atoms with van der Waals surface area (Å²) in [7, 11) is -2.86. The zero-order valence-electron chi connectivity index (χ0n) is 10.3. The van der Waals surface area contributed by atoms with Gasteiger partial charge in [-0.3, -0.25) is 14.4 Å². The molecule has 9 nitrogen and oxygen atoms in total. The maximum Gasteiger partial charge on any atom is 0.321 e. The SMILES string of the molecule is COC(=O)CCS(=O)(=O)NC(CCC(N)=O)C(=O)O. The quantitative estimate of drug-likeness (QED) is 0.424. The fourth-order valence-electron chi connectivity index (χ4n) is 1.11. The van der Waals surface area contributed by atoms with Gasteiger partial charge >= 0.3 is 11.9 Å². The number of carboxylic acids is 1. The van der Waals surface area contributed by atoms with Crippen molar-refractivity contribution in [3.63, 3.8) is 0 Å². The van der Waals surface area contributed by atoms with Crippen LogP contribution < -0.4 is 10.5 Å². The molecule has 0 spiro atoms. The van der Waals surface area contributed by atoms with Gasteiger partial charge < -0.3 is 15.6 Å². The molecule has 0 radical (unpaired) electrons. The van der Waals surface area contributed by atoms with Gasteiger partial charge in [0.15, 0.2) is 0 Å². The molecule has 4 N–H and O–H groups in total. The maximum atomic E-state index is 11.5. The molecule has 0 saturated carbocycles. The average Bonchev–Trinajstić information content (AvgIpc) is 2.31. The highest BCUT2D eigenvalue weighted by atomic mass is 32.2. The summed E-state index contributed by atoms with van der Waals surface area (Å²) in [6.45, 7) is 0. The molecular formula is C9H16N2O7S. The molecule has 0 aromatic carbocycles. The second-order valence-electron chi connectivity index (χ2n) is 3.66. The van der Waals surface area contributed by atoms with Gasteiger partial charge in [-0.25, -0.2) is 13.1 Å². The topological polar surface area (TPSA) is 153 Å². The Morgan fingerprint density at radius 1 is 1.32 bits per heavy atom. The van der Waals surface area contributed by atoms with Crippen molar-refractivity contribution in [2.75, 3.05) is 12.9 Å². The summed E-state index contributed by atoms with van der Waals surface area (Å²) in [6, 6.07) is -1.46. The van der Waals surface area contributed by atoms with Crippen molar-refractivity contribution in [3.05, 3.63) is 0 Å². The number of carbonyl (C=O) groups is 3. The standard InChI is InChI=1S/C9H16N2O7S/c1-18-8(13)4-5-19(16,17)11-6(9(14)15)2-3-7(10)12/h6,11H,2-5H2,1H3,(H2,10,12)(H,14,15). The Morgan fingerprint density at radius 3 is 2.32 bits per heavy atom. The van der Waals surface area contributed by atoms with Crippen LogP contribution in [0.2, 0.25) is 0 Å². The first-order valence-electron chi connectivity index (χ1n) is 5.26. The van der Waals surface area contributed by atoms with Crippen molar-refractivity contribution in [2.24, 2.45) is 5.73 Å². The van der Waals surface area contributed by atoms with Crippen LogP contribution in [0.15, 0.2) is 0 Å². The third-order valence-corrected chi connectivity index (χ3v) is 3.49. The Labute approximate surface area is 110 Å². The van der Waals surface area contributed by atoms with E-state index in [9.17, 15) is 22.8 Å². The molecule has 1 amide bonds. The fraction of sp³-hybridized carbons (Fsp3) is 0.667. The van der Waals surface area contributed by atoms with E-state index < -0.39 is 46.1 Å². The van der Waals surface area contributed by atoms with E-state index in [0.29, 0.717) is 0 Å². The Balaban J connectivity index is 4.51. The monoisotopic (exact) mass is 296 g/mol. The van der Waals surface area contributed by atoms with Gasteiger partial charge in [-0.05, 0) is 6.42 Å². The minimum absolute atomic E-state index is 0.262. The third kappa shape index (κ3) is 8.11. The molecule has 1 atom stereocenters. The molecule has 0 fully saturated rings. The van der Waals surface area contributed by atoms with Crippen LogP contribution in [-0.4, -0.2) is 50.3 Å². The first kappa shape index (κ1) is 17.3. The number of nitrogens with one attached hydrogen (secondary N) is 1. The number of amides is 1. The van der Waals surface area contributed by atoms with Gasteiger partial charge in [0.25, 0.3) is 0 Å². The minimum Gasteiger partial charge on any atom is -0.480 e. The fourth-order valence-corrected chi connectivity index (χ4v) is 2.32. The molecule has 0 heterocycles. The molecule has 19 heavy (non-hydrogen) atoms. The number of carbonyl (C=O) groups excluding carboxylic acids is 2. The van der Waals surface area contributed by atoms with Crippen LogP contribution in [0, 0.1) is 0 Å². The van der Waals surface area contributed by atoms with E-state index in [1.54, 1.807) is 0 Å². The van der Waals surface area contributed by atoms with E-state index in [1.807, 2.05) is 4.72 Å². The van der Waals surface area contributed by atoms with Crippen molar-refractivity contribution < 1.29 is 32.6 Å². The summed E-state index contributed by atoms with van der Waals surface area (Å²) < 4.78 is 29.2. The largest absolute Gasteiger partial charge is 0.480 e. The van der Waals surface area contributed by atoms with Gasteiger partial charge in [0, 0.05) is 6.42 Å². The molecule has 0 bridgehead atoms. The van der Waals surface area contributed by atoms with Crippen molar-refractivity contribution in [3.8, 4) is 0 Å². The molecule has 0 aliphatic heterocycles. The van der Waals surface area contributed by atoms with E-state index in [2.05, 4.69) is 4.74 Å². The second-order valence-corrected chi connectivity index (χ2v) is 5.53. The van der Waals surface area contributed by atoms with E-state index in [4.69, 9.17) is 10.8 Å². The Morgan fingerprint density at radius 2 is 1.89 bits per heavy atom. The zero-order chi connectivity index (χ0) is 15.1. The zero-order valence-corrected chi connectivity index (χ0v) is 11.1. The number of hydrogen-bond donors (Lipinski definition) is 3. The van der Waals surface area contributed by atoms with E-state index in [0.717, 1.165) is 7.11 Å². The van der Waals surface area contributed by atoms with E-state index in [-0.39, 0.29) is 12.8 Å². The van der Waals surface area contributed by atoms with Crippen LogP contribution >= 0.6 is 0 Å². The van der Waals surface area contributed by atoms with Crippen LogP contribution in [0.3, 0.4) is 0 Å². The van der Waals surface area contributed by atoms with Crippen LogP contribution in [0.5, 0.6) is 0 Å². The number of nitrogens with two attached hydrogens (primary N) is 1. The lowest BCUT2D eigenvalue weighted by Crippen LogP contribution is -2.42. The molecule has 110 valence electrons. The maximum absolute atomic E-state index is 11.5. The van der Waals surface area contributed by atoms with Gasteiger partial charge in [-0.2, -0.15) is 0 Å². The third-order valence-electron chi connectivity index (χ3n) is 2.10. The molecule has 0 aromatic heterocycles. The lowest BCUT2D eigenvalue weighted by atomic mass is 10.2. The molecule has 10 heteroatoms. The highest BCUT2D eigenvalue weighted by molar-refractivity contribution is 7.89. The number of aliphatic carboxylic acids is 1. The summed E-state index contributed by atoms with van der Waals surface area (Å²) in [5, 5.41) is 8.80. The lowest BCUT2D eigenvalue weighted by molar-refractivity contribution is -0.140. The van der Waals surface area contributed by atoms with Crippen molar-refractivity contribution in [1.29, 1.82) is 0 Å². The van der Waals surface area contributed by atoms with Gasteiger partial charge in [0.05, 0.1) is 19.3 Å². The minimum atomic E-state index is -3.96. The predicted octanol–water partition coefficient (Wildman–Crippen LogP) is -1.81. The number of ether oxygens (including phenoxy) is 1. The lowest BCUT2D eigenvalue weighted by Gasteiger charge is -2.13. The molecular weight excluding hydrogens is 280 g/mol. The van der Waals surface area contributed by atoms with Gasteiger partial charge in [-0.15, -0.1) is 0 Å². The first-order valence-corrected chi connectivity index (χ1v) is 6.91. The molecule has 1 unspecified atom stereocenters. The molecule has 0 saturated heterocycles. The molecule has 0 aliphatic rings. The summed E-state index contributed by atoms with van der Waals surface area (Å²) >= 11 is 0. The summed E-state index contributed by atoms with van der Waals surface area (Å²) in [5.41, 5.74) is 4.85. The van der Waals surface area contributed by atoms with Crippen molar-refractivity contribution in [2.45, 2.75) is 25.3 Å². The number of rotatable bonds is 9. The number of methoxy groups -OCH3 is 1. The molecule has 0 aromatic rings. The summed E-state index contributed by atoms with van der Waals surface area (Å²) in [6.07, 6.45) is -0.924. The highest BCUT2D eigenvalue weighted by Gasteiger charge is 2.24. The second kappa shape index (κ2) is 7.69. The van der Waals surface area contributed by atoms with Crippen LogP contribution in [0.1, 0.15) is 19.3 Å². The van der Waals surface area contributed by atoms with E-state index >= 15 is 0 Å². The number of sulfonamides is 1. The predicted molar refractivity (Wildman–Crippen MR) is 63.4 cm³/mol. The van der Waals surface area contributed by atoms with Gasteiger partial charge in [0.2, 0.25) is 15.9 Å². The first-order chi connectivity index (χ1) is 8.68. The van der Waals surface area contributed by atoms with Crippen LogP contribution in [-0.2, 0) is 29.1 Å². The van der Waals surface area contributed by atoms with Crippen molar-refractivity contribution in [1.82, 2.24) is 4.72 Å². The Hall–Kier alpha value is -1.68. The van der Waals surface area contributed by atoms with E-state index in [1.165, 1.54) is 0 Å². The van der Waals surface area contributed by atoms with Gasteiger partial charge in [-0.1, -0.05) is 0 Å². The Bertz CT molecular complexity index is 445. The molecule has 0 rings (SSSR count). The highest BCUT2D eigenvalue weighted by Crippen LogP contribution is 2.01. The average molecular weight is 296 g/mol. The van der Waals surface area contributed by atoms with Crippen molar-refractivity contribution >= 4 is 27.9 Å². The summed E-state index contributed by atoms with van der Waals surface area (Å²) in [4.78, 5) is 32.2. The number of esters is 1. The number of carboxylic acid groups (broad SMARTS) is 1. The number of primary amides is 1.